The Balaban J connectivity index is 1.80. The minimum Gasteiger partial charge on any atom is -0.308 e. The average molecular weight is 385 g/mol. The zero-order valence-electron chi connectivity index (χ0n) is 13.5. The maximum Gasteiger partial charge on any atom is 0.244 e. The number of amides is 1. The highest BCUT2D eigenvalue weighted by molar-refractivity contribution is 6.36. The van der Waals surface area contributed by atoms with Crippen LogP contribution in [0.5, 0.6) is 0 Å². The van der Waals surface area contributed by atoms with Crippen molar-refractivity contribution < 1.29 is 13.6 Å². The second kappa shape index (κ2) is 7.28. The second-order valence-corrected chi connectivity index (χ2v) is 6.78. The fraction of sp³-hybridized carbons (Fsp3) is 0.278. The van der Waals surface area contributed by atoms with Gasteiger partial charge in [0.25, 0.3) is 0 Å². The SMILES string of the molecule is C[C@H]1C(=O)N(c2ccc(Cl)cc2Cl)CCN1Cc1c(F)cccc1F. The van der Waals surface area contributed by atoms with Crippen LogP contribution in [0, 0.1) is 11.6 Å². The molecule has 1 heterocycles. The summed E-state index contributed by atoms with van der Waals surface area (Å²) in [5.74, 6) is -1.39. The van der Waals surface area contributed by atoms with E-state index in [0.29, 0.717) is 28.8 Å². The molecule has 0 N–H and O–H groups in total. The van der Waals surface area contributed by atoms with Gasteiger partial charge < -0.3 is 4.90 Å². The topological polar surface area (TPSA) is 23.6 Å². The summed E-state index contributed by atoms with van der Waals surface area (Å²) in [6, 6.07) is 8.17. The fourth-order valence-corrected chi connectivity index (χ4v) is 3.47. The van der Waals surface area contributed by atoms with Gasteiger partial charge in [0.2, 0.25) is 5.91 Å². The number of carbonyl (C=O) groups is 1. The molecule has 1 aliphatic heterocycles. The molecule has 3 rings (SSSR count). The van der Waals surface area contributed by atoms with E-state index in [1.807, 2.05) is 0 Å². The number of carbonyl (C=O) groups excluding carboxylic acids is 1. The molecule has 3 nitrogen and oxygen atoms in total. The molecule has 1 amide bonds. The lowest BCUT2D eigenvalue weighted by molar-refractivity contribution is -0.125. The Labute approximate surface area is 154 Å². The highest BCUT2D eigenvalue weighted by Crippen LogP contribution is 2.31. The van der Waals surface area contributed by atoms with E-state index in [1.54, 1.807) is 34.9 Å². The van der Waals surface area contributed by atoms with Gasteiger partial charge in [0, 0.05) is 30.2 Å². The summed E-state index contributed by atoms with van der Waals surface area (Å²) in [4.78, 5) is 16.1. The molecule has 0 saturated carbocycles. The van der Waals surface area contributed by atoms with E-state index in [1.165, 1.54) is 18.2 Å². The van der Waals surface area contributed by atoms with Crippen molar-refractivity contribution >= 4 is 34.8 Å². The number of piperazine rings is 1. The minimum absolute atomic E-state index is 0.0277. The average Bonchev–Trinajstić information content (AvgIpc) is 2.56. The molecule has 1 fully saturated rings. The van der Waals surface area contributed by atoms with Crippen molar-refractivity contribution in [1.82, 2.24) is 4.90 Å². The van der Waals surface area contributed by atoms with E-state index in [4.69, 9.17) is 23.2 Å². The first-order valence-corrected chi connectivity index (χ1v) is 8.57. The number of nitrogens with zero attached hydrogens (tertiary/aromatic N) is 2. The molecule has 0 spiro atoms. The Morgan fingerprint density at radius 3 is 2.44 bits per heavy atom. The van der Waals surface area contributed by atoms with Gasteiger partial charge in [-0.2, -0.15) is 0 Å². The summed E-state index contributed by atoms with van der Waals surface area (Å²) in [6.45, 7) is 2.60. The van der Waals surface area contributed by atoms with Crippen LogP contribution in [0.25, 0.3) is 0 Å². The molecule has 1 aliphatic rings. The van der Waals surface area contributed by atoms with Crippen LogP contribution in [0.4, 0.5) is 14.5 Å². The van der Waals surface area contributed by atoms with Crippen LogP contribution in [0.2, 0.25) is 10.0 Å². The van der Waals surface area contributed by atoms with Crippen LogP contribution in [0.15, 0.2) is 36.4 Å². The molecule has 0 unspecified atom stereocenters. The van der Waals surface area contributed by atoms with Crippen LogP contribution in [0.3, 0.4) is 0 Å². The molecule has 0 aliphatic carbocycles. The Hall–Kier alpha value is -1.69. The molecule has 1 saturated heterocycles. The predicted molar refractivity (Wildman–Crippen MR) is 95.0 cm³/mol. The van der Waals surface area contributed by atoms with E-state index < -0.39 is 17.7 Å². The minimum atomic E-state index is -0.608. The van der Waals surface area contributed by atoms with Gasteiger partial charge in [-0.1, -0.05) is 29.3 Å². The van der Waals surface area contributed by atoms with Crippen LogP contribution < -0.4 is 4.90 Å². The largest absolute Gasteiger partial charge is 0.308 e. The molecule has 2 aromatic rings. The van der Waals surface area contributed by atoms with Gasteiger partial charge >= 0.3 is 0 Å². The maximum absolute atomic E-state index is 13.9. The predicted octanol–water partition coefficient (Wildman–Crippen LogP) is 4.51. The van der Waals surface area contributed by atoms with Gasteiger partial charge in [-0.05, 0) is 37.3 Å². The first kappa shape index (κ1) is 18.1. The molecular formula is C18H16Cl2F2N2O. The monoisotopic (exact) mass is 384 g/mol. The molecule has 25 heavy (non-hydrogen) atoms. The van der Waals surface area contributed by atoms with Crippen molar-refractivity contribution in [1.29, 1.82) is 0 Å². The van der Waals surface area contributed by atoms with Crippen molar-refractivity contribution in [2.75, 3.05) is 18.0 Å². The number of halogens is 4. The molecule has 7 heteroatoms. The molecule has 1 atom stereocenters. The van der Waals surface area contributed by atoms with Crippen molar-refractivity contribution in [3.05, 3.63) is 63.6 Å². The van der Waals surface area contributed by atoms with E-state index in [9.17, 15) is 13.6 Å². The number of hydrogen-bond acceptors (Lipinski definition) is 2. The smallest absolute Gasteiger partial charge is 0.244 e. The molecule has 0 aromatic heterocycles. The third-order valence-electron chi connectivity index (χ3n) is 4.41. The summed E-state index contributed by atoms with van der Waals surface area (Å²) in [5.41, 5.74) is 0.555. The highest BCUT2D eigenvalue weighted by atomic mass is 35.5. The first-order chi connectivity index (χ1) is 11.9. The Bertz CT molecular complexity index is 795. The molecular weight excluding hydrogens is 369 g/mol. The molecule has 2 aromatic carbocycles. The normalized spacial score (nSPS) is 18.7. The fourth-order valence-electron chi connectivity index (χ4n) is 2.96. The van der Waals surface area contributed by atoms with Crippen LogP contribution in [-0.2, 0) is 11.3 Å². The second-order valence-electron chi connectivity index (χ2n) is 5.93. The van der Waals surface area contributed by atoms with Gasteiger partial charge in [0.15, 0.2) is 0 Å². The van der Waals surface area contributed by atoms with Crippen molar-refractivity contribution in [2.24, 2.45) is 0 Å². The van der Waals surface area contributed by atoms with Crippen molar-refractivity contribution in [2.45, 2.75) is 19.5 Å². The third kappa shape index (κ3) is 3.64. The van der Waals surface area contributed by atoms with Crippen LogP contribution >= 0.6 is 23.2 Å². The number of rotatable bonds is 3. The summed E-state index contributed by atoms with van der Waals surface area (Å²) < 4.78 is 27.7. The van der Waals surface area contributed by atoms with Gasteiger partial charge in [-0.25, -0.2) is 8.78 Å². The number of benzene rings is 2. The van der Waals surface area contributed by atoms with Crippen LogP contribution in [-0.4, -0.2) is 29.9 Å². The van der Waals surface area contributed by atoms with E-state index in [2.05, 4.69) is 0 Å². The van der Waals surface area contributed by atoms with Crippen LogP contribution in [0.1, 0.15) is 12.5 Å². The summed E-state index contributed by atoms with van der Waals surface area (Å²) >= 11 is 12.1. The van der Waals surface area contributed by atoms with Gasteiger partial charge in [-0.3, -0.25) is 9.69 Å². The lowest BCUT2D eigenvalue weighted by Crippen LogP contribution is -2.55. The lowest BCUT2D eigenvalue weighted by Gasteiger charge is -2.39. The summed E-state index contributed by atoms with van der Waals surface area (Å²) in [6.07, 6.45) is 0. The molecule has 132 valence electrons. The van der Waals surface area contributed by atoms with Crippen molar-refractivity contribution in [3.63, 3.8) is 0 Å². The van der Waals surface area contributed by atoms with E-state index in [0.717, 1.165) is 0 Å². The molecule has 0 radical (unpaired) electrons. The lowest BCUT2D eigenvalue weighted by atomic mass is 10.1. The summed E-state index contributed by atoms with van der Waals surface area (Å²) in [7, 11) is 0. The van der Waals surface area contributed by atoms with E-state index >= 15 is 0 Å². The van der Waals surface area contributed by atoms with E-state index in [-0.39, 0.29) is 18.0 Å². The Morgan fingerprint density at radius 1 is 1.12 bits per heavy atom. The Morgan fingerprint density at radius 2 is 1.80 bits per heavy atom. The highest BCUT2D eigenvalue weighted by Gasteiger charge is 2.33. The number of hydrogen-bond donors (Lipinski definition) is 0. The van der Waals surface area contributed by atoms with Gasteiger partial charge in [0.05, 0.1) is 16.8 Å². The standard InChI is InChI=1S/C18H16Cl2F2N2O/c1-11-18(25)24(17-6-5-12(19)9-14(17)20)8-7-23(11)10-13-15(21)3-2-4-16(13)22/h2-6,9,11H,7-8,10H2,1H3/t11-/m0/s1. The maximum atomic E-state index is 13.9. The van der Waals surface area contributed by atoms with Crippen molar-refractivity contribution in [3.8, 4) is 0 Å². The quantitative estimate of drug-likeness (QED) is 0.777. The zero-order chi connectivity index (χ0) is 18.1. The van der Waals surface area contributed by atoms with Gasteiger partial charge in [-0.15, -0.1) is 0 Å². The third-order valence-corrected chi connectivity index (χ3v) is 4.94. The Kier molecular flexibility index (Phi) is 5.27. The summed E-state index contributed by atoms with van der Waals surface area (Å²) in [5, 5.41) is 0.879. The molecule has 0 bridgehead atoms. The number of anilines is 1. The first-order valence-electron chi connectivity index (χ1n) is 7.82. The zero-order valence-corrected chi connectivity index (χ0v) is 15.0. The van der Waals surface area contributed by atoms with Gasteiger partial charge in [0.1, 0.15) is 11.6 Å².